The lowest BCUT2D eigenvalue weighted by Gasteiger charge is -2.25. The molecule has 2 heteroatoms. The molecular weight excluding hydrogens is 248 g/mol. The van der Waals surface area contributed by atoms with E-state index in [1.54, 1.807) is 0 Å². The molecule has 2 aromatic rings. The van der Waals surface area contributed by atoms with Crippen LogP contribution in [0.2, 0.25) is 0 Å². The summed E-state index contributed by atoms with van der Waals surface area (Å²) in [5, 5.41) is 9.23. The standard InChI is InChI=1S/C18H20O2/c1-13-8-6-7-11-16(13)17(12-18(19)20)14(2)15-9-4-3-5-10-15/h3-11,14,17H,12H2,1-2H3,(H,19,20)/t14-,17+/m0/s1. The number of rotatable bonds is 5. The molecule has 0 saturated heterocycles. The highest BCUT2D eigenvalue weighted by molar-refractivity contribution is 5.68. The van der Waals surface area contributed by atoms with Gasteiger partial charge in [0.1, 0.15) is 0 Å². The number of carboxylic acid groups (broad SMARTS) is 1. The molecule has 0 heterocycles. The number of benzene rings is 2. The van der Waals surface area contributed by atoms with Gasteiger partial charge in [-0.05, 0) is 29.5 Å². The summed E-state index contributed by atoms with van der Waals surface area (Å²) in [7, 11) is 0. The van der Waals surface area contributed by atoms with Gasteiger partial charge in [-0.25, -0.2) is 0 Å². The summed E-state index contributed by atoms with van der Waals surface area (Å²) >= 11 is 0. The van der Waals surface area contributed by atoms with Crippen molar-refractivity contribution in [3.05, 3.63) is 71.3 Å². The van der Waals surface area contributed by atoms with E-state index < -0.39 is 5.97 Å². The highest BCUT2D eigenvalue weighted by Gasteiger charge is 2.24. The van der Waals surface area contributed by atoms with E-state index >= 15 is 0 Å². The smallest absolute Gasteiger partial charge is 0.303 e. The van der Waals surface area contributed by atoms with Crippen molar-refractivity contribution in [2.45, 2.75) is 32.1 Å². The Morgan fingerprint density at radius 1 is 1.05 bits per heavy atom. The first-order valence-corrected chi connectivity index (χ1v) is 6.92. The van der Waals surface area contributed by atoms with E-state index in [1.165, 1.54) is 5.56 Å². The van der Waals surface area contributed by atoms with E-state index in [9.17, 15) is 9.90 Å². The fourth-order valence-corrected chi connectivity index (χ4v) is 2.74. The van der Waals surface area contributed by atoms with Crippen LogP contribution in [-0.4, -0.2) is 11.1 Å². The first-order valence-electron chi connectivity index (χ1n) is 6.92. The second kappa shape index (κ2) is 6.38. The molecule has 0 bridgehead atoms. The third kappa shape index (κ3) is 3.27. The molecule has 0 aliphatic heterocycles. The van der Waals surface area contributed by atoms with Gasteiger partial charge in [0.15, 0.2) is 0 Å². The molecule has 2 rings (SSSR count). The van der Waals surface area contributed by atoms with Crippen LogP contribution in [0, 0.1) is 6.92 Å². The van der Waals surface area contributed by atoms with Crippen LogP contribution >= 0.6 is 0 Å². The van der Waals surface area contributed by atoms with Crippen molar-refractivity contribution >= 4 is 5.97 Å². The van der Waals surface area contributed by atoms with Crippen LogP contribution in [0.5, 0.6) is 0 Å². The molecule has 0 aliphatic rings. The quantitative estimate of drug-likeness (QED) is 0.875. The lowest BCUT2D eigenvalue weighted by Crippen LogP contribution is -2.14. The second-order valence-corrected chi connectivity index (χ2v) is 5.26. The van der Waals surface area contributed by atoms with Gasteiger partial charge in [-0.1, -0.05) is 61.5 Å². The zero-order chi connectivity index (χ0) is 14.5. The van der Waals surface area contributed by atoms with Gasteiger partial charge in [-0.2, -0.15) is 0 Å². The van der Waals surface area contributed by atoms with Crippen molar-refractivity contribution in [3.8, 4) is 0 Å². The van der Waals surface area contributed by atoms with Crippen LogP contribution in [0.3, 0.4) is 0 Å². The maximum absolute atomic E-state index is 11.2. The Bertz CT molecular complexity index is 575. The molecule has 2 aromatic carbocycles. The third-order valence-electron chi connectivity index (χ3n) is 3.91. The van der Waals surface area contributed by atoms with Crippen molar-refractivity contribution in [2.75, 3.05) is 0 Å². The predicted octanol–water partition coefficient (Wildman–Crippen LogP) is 4.36. The van der Waals surface area contributed by atoms with Crippen LogP contribution < -0.4 is 0 Å². The topological polar surface area (TPSA) is 37.3 Å². The summed E-state index contributed by atoms with van der Waals surface area (Å²) in [6, 6.07) is 18.2. The van der Waals surface area contributed by atoms with Crippen molar-refractivity contribution in [1.82, 2.24) is 0 Å². The van der Waals surface area contributed by atoms with Crippen LogP contribution in [0.25, 0.3) is 0 Å². The van der Waals surface area contributed by atoms with Crippen LogP contribution in [0.15, 0.2) is 54.6 Å². The molecule has 104 valence electrons. The normalized spacial score (nSPS) is 13.7. The fourth-order valence-electron chi connectivity index (χ4n) is 2.74. The van der Waals surface area contributed by atoms with E-state index in [2.05, 4.69) is 19.1 Å². The van der Waals surface area contributed by atoms with E-state index in [-0.39, 0.29) is 18.3 Å². The van der Waals surface area contributed by atoms with E-state index in [1.807, 2.05) is 49.4 Å². The first kappa shape index (κ1) is 14.3. The molecule has 1 N–H and O–H groups in total. The molecule has 0 amide bonds. The average Bonchev–Trinajstić information content (AvgIpc) is 2.46. The molecule has 0 spiro atoms. The maximum Gasteiger partial charge on any atom is 0.303 e. The summed E-state index contributed by atoms with van der Waals surface area (Å²) in [6.45, 7) is 4.15. The largest absolute Gasteiger partial charge is 0.481 e. The second-order valence-electron chi connectivity index (χ2n) is 5.26. The highest BCUT2D eigenvalue weighted by atomic mass is 16.4. The number of carbonyl (C=O) groups is 1. The molecule has 0 unspecified atom stereocenters. The average molecular weight is 268 g/mol. The van der Waals surface area contributed by atoms with E-state index in [0.717, 1.165) is 11.1 Å². The molecule has 0 aromatic heterocycles. The van der Waals surface area contributed by atoms with Gasteiger partial charge in [0.05, 0.1) is 6.42 Å². The monoisotopic (exact) mass is 268 g/mol. The number of hydrogen-bond donors (Lipinski definition) is 1. The Kier molecular flexibility index (Phi) is 4.57. The number of hydrogen-bond acceptors (Lipinski definition) is 1. The van der Waals surface area contributed by atoms with Crippen molar-refractivity contribution in [3.63, 3.8) is 0 Å². The van der Waals surface area contributed by atoms with Gasteiger partial charge in [-0.3, -0.25) is 4.79 Å². The van der Waals surface area contributed by atoms with Gasteiger partial charge >= 0.3 is 5.97 Å². The molecule has 0 radical (unpaired) electrons. The highest BCUT2D eigenvalue weighted by Crippen LogP contribution is 2.36. The first-order chi connectivity index (χ1) is 9.59. The van der Waals surface area contributed by atoms with Crippen LogP contribution in [0.1, 0.15) is 41.9 Å². The Morgan fingerprint density at radius 2 is 1.65 bits per heavy atom. The summed E-state index contributed by atoms with van der Waals surface area (Å²) in [5.41, 5.74) is 3.47. The minimum atomic E-state index is -0.749. The zero-order valence-electron chi connectivity index (χ0n) is 11.9. The SMILES string of the molecule is Cc1ccccc1[C@H](CC(=O)O)[C@@H](C)c1ccccc1. The fraction of sp³-hybridized carbons (Fsp3) is 0.278. The summed E-state index contributed by atoms with van der Waals surface area (Å²) in [5.74, 6) is -0.578. The molecule has 0 fully saturated rings. The minimum absolute atomic E-state index is 0.00361. The maximum atomic E-state index is 11.2. The van der Waals surface area contributed by atoms with Gasteiger partial charge < -0.3 is 5.11 Å². The van der Waals surface area contributed by atoms with Gasteiger partial charge in [0.25, 0.3) is 0 Å². The molecular formula is C18H20O2. The summed E-state index contributed by atoms with van der Waals surface area (Å²) in [4.78, 5) is 11.2. The molecule has 20 heavy (non-hydrogen) atoms. The molecule has 0 aliphatic carbocycles. The molecule has 2 atom stereocenters. The molecule has 2 nitrogen and oxygen atoms in total. The zero-order valence-corrected chi connectivity index (χ0v) is 11.9. The lowest BCUT2D eigenvalue weighted by molar-refractivity contribution is -0.137. The molecule has 0 saturated carbocycles. The summed E-state index contributed by atoms with van der Waals surface area (Å²) < 4.78 is 0. The van der Waals surface area contributed by atoms with Crippen LogP contribution in [0.4, 0.5) is 0 Å². The lowest BCUT2D eigenvalue weighted by atomic mass is 9.79. The van der Waals surface area contributed by atoms with Crippen molar-refractivity contribution in [1.29, 1.82) is 0 Å². The van der Waals surface area contributed by atoms with Gasteiger partial charge in [0.2, 0.25) is 0 Å². The Morgan fingerprint density at radius 3 is 2.25 bits per heavy atom. The van der Waals surface area contributed by atoms with E-state index in [4.69, 9.17) is 0 Å². The number of aryl methyl sites for hydroxylation is 1. The third-order valence-corrected chi connectivity index (χ3v) is 3.91. The van der Waals surface area contributed by atoms with Crippen molar-refractivity contribution < 1.29 is 9.90 Å². The van der Waals surface area contributed by atoms with Gasteiger partial charge in [0, 0.05) is 5.92 Å². The Balaban J connectivity index is 2.38. The predicted molar refractivity (Wildman–Crippen MR) is 81.0 cm³/mol. The number of carboxylic acids is 1. The number of aliphatic carboxylic acids is 1. The van der Waals surface area contributed by atoms with Crippen LogP contribution in [-0.2, 0) is 4.79 Å². The Labute approximate surface area is 120 Å². The van der Waals surface area contributed by atoms with Crippen molar-refractivity contribution in [2.24, 2.45) is 0 Å². The van der Waals surface area contributed by atoms with E-state index in [0.29, 0.717) is 0 Å². The summed E-state index contributed by atoms with van der Waals surface area (Å²) in [6.07, 6.45) is 0.154. The minimum Gasteiger partial charge on any atom is -0.481 e. The van der Waals surface area contributed by atoms with Gasteiger partial charge in [-0.15, -0.1) is 0 Å². The Hall–Kier alpha value is -2.09.